The van der Waals surface area contributed by atoms with E-state index in [0.717, 1.165) is 186 Å². The van der Waals surface area contributed by atoms with Gasteiger partial charge in [0.15, 0.2) is 6.10 Å². The lowest BCUT2D eigenvalue weighted by Crippen LogP contribution is -2.30. The maximum atomic E-state index is 12.9. The molecule has 0 saturated carbocycles. The molecule has 0 aromatic heterocycles. The predicted molar refractivity (Wildman–Crippen MR) is 348 cm³/mol. The molecule has 1 atom stereocenters. The van der Waals surface area contributed by atoms with Crippen LogP contribution in [0.2, 0.25) is 0 Å². The third-order valence-electron chi connectivity index (χ3n) is 12.9. The first kappa shape index (κ1) is 74.8. The Morgan fingerprint density at radius 3 is 0.775 bits per heavy atom. The summed E-state index contributed by atoms with van der Waals surface area (Å²) >= 11 is 0. The molecule has 0 aliphatic rings. The third-order valence-corrected chi connectivity index (χ3v) is 12.9. The van der Waals surface area contributed by atoms with Gasteiger partial charge in [0.2, 0.25) is 0 Å². The second kappa shape index (κ2) is 66.3. The van der Waals surface area contributed by atoms with Crippen LogP contribution in [0.4, 0.5) is 0 Å². The van der Waals surface area contributed by atoms with Gasteiger partial charge >= 0.3 is 17.9 Å². The molecule has 80 heavy (non-hydrogen) atoms. The molecular formula is C74H116O6. The summed E-state index contributed by atoms with van der Waals surface area (Å²) in [7, 11) is 0. The number of rotatable bonds is 56. The van der Waals surface area contributed by atoms with Crippen molar-refractivity contribution in [1.82, 2.24) is 0 Å². The Balaban J connectivity index is 4.38. The highest BCUT2D eigenvalue weighted by molar-refractivity contribution is 5.71. The maximum Gasteiger partial charge on any atom is 0.306 e. The smallest absolute Gasteiger partial charge is 0.306 e. The van der Waals surface area contributed by atoms with Crippen LogP contribution in [0.3, 0.4) is 0 Å². The van der Waals surface area contributed by atoms with E-state index in [1.807, 2.05) is 0 Å². The number of allylic oxidation sites excluding steroid dienone is 28. The van der Waals surface area contributed by atoms with Crippen molar-refractivity contribution >= 4 is 17.9 Å². The Hall–Kier alpha value is -5.23. The minimum absolute atomic E-state index is 0.111. The first-order valence-electron chi connectivity index (χ1n) is 32.1. The molecule has 0 radical (unpaired) electrons. The lowest BCUT2D eigenvalue weighted by atomic mass is 10.1. The third kappa shape index (κ3) is 63.6. The van der Waals surface area contributed by atoms with Crippen molar-refractivity contribution < 1.29 is 28.6 Å². The normalized spacial score (nSPS) is 13.3. The molecule has 0 fully saturated rings. The fraction of sp³-hybridized carbons (Fsp3) is 0.581. The summed E-state index contributed by atoms with van der Waals surface area (Å²) in [5.41, 5.74) is 0. The standard InChI is InChI=1S/C74H116O6/c1-4-7-10-13-16-19-22-25-27-29-30-31-32-33-34-35-36-37-38-39-40-41-42-43-44-45-47-49-52-55-58-61-64-67-73(76)79-70-71(69-78-72(75)66-63-60-57-54-51-48-24-21-18-15-12-9-6-3)80-74(77)68-65-62-59-56-53-50-46-28-26-23-20-17-14-11-8-5-2/h7,9-10,12,16,18-21,23,25,27-28,30-31,33-34,36-37,39-40,42-43,45-48,51,71H,4-6,8,11,13-15,17,22,24,26,29,32,35,38,41,44,49-50,52-70H2,1-3H3/b10-7-,12-9-,19-16-,21-18-,23-20-,27-25-,31-30-,34-33-,37-36-,40-39-,43-42-,46-28-,47-45-,51-48-. The number of hydrogen-bond acceptors (Lipinski definition) is 6. The lowest BCUT2D eigenvalue weighted by Gasteiger charge is -2.18. The van der Waals surface area contributed by atoms with Crippen LogP contribution >= 0.6 is 0 Å². The Kier molecular flexibility index (Phi) is 61.9. The van der Waals surface area contributed by atoms with Crippen molar-refractivity contribution in [2.45, 2.75) is 264 Å². The molecule has 6 nitrogen and oxygen atoms in total. The van der Waals surface area contributed by atoms with Crippen LogP contribution in [0.1, 0.15) is 258 Å². The Bertz CT molecular complexity index is 1840. The van der Waals surface area contributed by atoms with Crippen molar-refractivity contribution in [3.05, 3.63) is 170 Å². The Labute approximate surface area is 492 Å². The molecule has 0 aliphatic heterocycles. The summed E-state index contributed by atoms with van der Waals surface area (Å²) < 4.78 is 16.8. The fourth-order valence-corrected chi connectivity index (χ4v) is 8.18. The van der Waals surface area contributed by atoms with E-state index in [0.29, 0.717) is 19.3 Å². The molecule has 1 unspecified atom stereocenters. The average molecular weight is 1100 g/mol. The predicted octanol–water partition coefficient (Wildman–Crippen LogP) is 22.3. The van der Waals surface area contributed by atoms with Gasteiger partial charge < -0.3 is 14.2 Å². The van der Waals surface area contributed by atoms with E-state index in [1.165, 1.54) is 32.1 Å². The molecule has 0 heterocycles. The number of esters is 3. The molecule has 0 spiro atoms. The number of ether oxygens (including phenoxy) is 3. The minimum Gasteiger partial charge on any atom is -0.462 e. The number of hydrogen-bond donors (Lipinski definition) is 0. The van der Waals surface area contributed by atoms with Crippen LogP contribution in [0.5, 0.6) is 0 Å². The minimum atomic E-state index is -0.815. The second-order valence-corrected chi connectivity index (χ2v) is 20.5. The Morgan fingerprint density at radius 1 is 0.263 bits per heavy atom. The molecule has 0 N–H and O–H groups in total. The summed E-state index contributed by atoms with van der Waals surface area (Å²) in [4.78, 5) is 38.2. The molecule has 448 valence electrons. The molecule has 0 aliphatic carbocycles. The van der Waals surface area contributed by atoms with Gasteiger partial charge in [-0.15, -0.1) is 0 Å². The van der Waals surface area contributed by atoms with E-state index in [-0.39, 0.29) is 31.1 Å². The van der Waals surface area contributed by atoms with Crippen LogP contribution in [0.25, 0.3) is 0 Å². The van der Waals surface area contributed by atoms with Gasteiger partial charge in [0, 0.05) is 19.3 Å². The molecule has 0 amide bonds. The van der Waals surface area contributed by atoms with Crippen molar-refractivity contribution in [3.63, 3.8) is 0 Å². The Morgan fingerprint density at radius 2 is 0.487 bits per heavy atom. The van der Waals surface area contributed by atoms with Gasteiger partial charge in [-0.25, -0.2) is 0 Å². The van der Waals surface area contributed by atoms with Crippen molar-refractivity contribution in [2.75, 3.05) is 13.2 Å². The van der Waals surface area contributed by atoms with Crippen LogP contribution in [0.15, 0.2) is 170 Å². The maximum absolute atomic E-state index is 12.9. The number of carbonyl (C=O) groups excluding carboxylic acids is 3. The quantitative estimate of drug-likeness (QED) is 0.0261. The zero-order valence-electron chi connectivity index (χ0n) is 51.3. The van der Waals surface area contributed by atoms with Crippen LogP contribution in [-0.2, 0) is 28.6 Å². The average Bonchev–Trinajstić information content (AvgIpc) is 3.46. The highest BCUT2D eigenvalue weighted by Gasteiger charge is 2.19. The van der Waals surface area contributed by atoms with Gasteiger partial charge in [-0.05, 0) is 154 Å². The highest BCUT2D eigenvalue weighted by Crippen LogP contribution is 2.13. The van der Waals surface area contributed by atoms with Crippen LogP contribution < -0.4 is 0 Å². The number of unbranched alkanes of at least 4 members (excludes halogenated alkanes) is 17. The van der Waals surface area contributed by atoms with Gasteiger partial charge in [-0.2, -0.15) is 0 Å². The zero-order valence-corrected chi connectivity index (χ0v) is 51.3. The van der Waals surface area contributed by atoms with E-state index in [2.05, 4.69) is 191 Å². The summed E-state index contributed by atoms with van der Waals surface area (Å²) in [5.74, 6) is -0.978. The topological polar surface area (TPSA) is 78.9 Å². The van der Waals surface area contributed by atoms with Gasteiger partial charge in [-0.1, -0.05) is 255 Å². The van der Waals surface area contributed by atoms with Crippen LogP contribution in [-0.4, -0.2) is 37.2 Å². The van der Waals surface area contributed by atoms with Crippen molar-refractivity contribution in [3.8, 4) is 0 Å². The first-order chi connectivity index (χ1) is 39.5. The summed E-state index contributed by atoms with van der Waals surface area (Å²) in [6.07, 6.45) is 97.9. The molecule has 0 aromatic carbocycles. The van der Waals surface area contributed by atoms with E-state index in [1.54, 1.807) is 0 Å². The summed E-state index contributed by atoms with van der Waals surface area (Å²) in [5, 5.41) is 0. The summed E-state index contributed by atoms with van der Waals surface area (Å²) in [6, 6.07) is 0. The van der Waals surface area contributed by atoms with E-state index in [9.17, 15) is 14.4 Å². The van der Waals surface area contributed by atoms with E-state index >= 15 is 0 Å². The van der Waals surface area contributed by atoms with Gasteiger partial charge in [0.1, 0.15) is 13.2 Å². The van der Waals surface area contributed by atoms with E-state index < -0.39 is 6.10 Å². The fourth-order valence-electron chi connectivity index (χ4n) is 8.18. The molecule has 6 heteroatoms. The van der Waals surface area contributed by atoms with Crippen LogP contribution in [0, 0.1) is 0 Å². The van der Waals surface area contributed by atoms with E-state index in [4.69, 9.17) is 14.2 Å². The second-order valence-electron chi connectivity index (χ2n) is 20.5. The number of carbonyl (C=O) groups is 3. The molecule has 0 saturated heterocycles. The molecular weight excluding hydrogens is 985 g/mol. The molecule has 0 bridgehead atoms. The van der Waals surface area contributed by atoms with Crippen molar-refractivity contribution in [2.24, 2.45) is 0 Å². The van der Waals surface area contributed by atoms with Gasteiger partial charge in [0.05, 0.1) is 0 Å². The monoisotopic (exact) mass is 1100 g/mol. The van der Waals surface area contributed by atoms with Gasteiger partial charge in [-0.3, -0.25) is 14.4 Å². The SMILES string of the molecule is CC/C=C\C/C=C\C/C=C\C/C=C\C/C=C\C/C=C\C/C=C\C/C=C\C/C=C\CCCCCCCC(=O)OCC(COC(=O)CCCCC/C=C\C/C=C\C/C=C\CC)OC(=O)CCCCCCC/C=C\C/C=C\CCCCCC. The first-order valence-corrected chi connectivity index (χ1v) is 32.1. The highest BCUT2D eigenvalue weighted by atomic mass is 16.6. The lowest BCUT2D eigenvalue weighted by molar-refractivity contribution is -0.167. The largest absolute Gasteiger partial charge is 0.462 e. The molecule has 0 aromatic rings. The zero-order chi connectivity index (χ0) is 57.8. The van der Waals surface area contributed by atoms with Crippen molar-refractivity contribution in [1.29, 1.82) is 0 Å². The summed E-state index contributed by atoms with van der Waals surface area (Å²) in [6.45, 7) is 6.33. The van der Waals surface area contributed by atoms with Gasteiger partial charge in [0.25, 0.3) is 0 Å². The molecule has 0 rings (SSSR count).